The zero-order valence-electron chi connectivity index (χ0n) is 17.4. The molecule has 1 aromatic heterocycles. The highest BCUT2D eigenvalue weighted by Crippen LogP contribution is 2.32. The van der Waals surface area contributed by atoms with Crippen molar-refractivity contribution in [2.45, 2.75) is 20.3 Å². The molecule has 0 N–H and O–H groups in total. The van der Waals surface area contributed by atoms with Crippen molar-refractivity contribution in [3.05, 3.63) is 58.1 Å². The van der Waals surface area contributed by atoms with Crippen molar-refractivity contribution in [1.82, 2.24) is 9.88 Å². The van der Waals surface area contributed by atoms with Crippen LogP contribution in [0.25, 0.3) is 10.2 Å². The van der Waals surface area contributed by atoms with Gasteiger partial charge in [0.1, 0.15) is 0 Å². The van der Waals surface area contributed by atoms with Crippen molar-refractivity contribution in [2.24, 2.45) is 0 Å². The molecule has 0 unspecified atom stereocenters. The van der Waals surface area contributed by atoms with Crippen molar-refractivity contribution in [3.63, 3.8) is 0 Å². The third kappa shape index (κ3) is 4.83. The average Bonchev–Trinajstić information content (AvgIpc) is 3.16. The molecule has 1 aliphatic rings. The number of hydrogen-bond acceptors (Lipinski definition) is 5. The number of nitrogens with zero attached hydrogens (tertiary/aromatic N) is 3. The molecule has 3 aromatic rings. The Kier molecular flexibility index (Phi) is 6.68. The predicted molar refractivity (Wildman–Crippen MR) is 124 cm³/mol. The minimum absolute atomic E-state index is 0.00308. The number of carbonyl (C=O) groups excluding carboxylic acids is 1. The van der Waals surface area contributed by atoms with Gasteiger partial charge in [0.15, 0.2) is 5.13 Å². The quantitative estimate of drug-likeness (QED) is 0.541. The number of anilines is 1. The number of thiazole rings is 1. The number of carbonyl (C=O) groups is 1. The van der Waals surface area contributed by atoms with E-state index in [1.807, 2.05) is 55.1 Å². The van der Waals surface area contributed by atoms with Crippen molar-refractivity contribution in [3.8, 4) is 0 Å². The standard InChI is InChI=1S/C23H26ClN3O2S/c1-16-4-5-17(2)19(14-16)22(28)27(9-3-8-26-10-12-29-13-11-26)23-25-20-7-6-18(24)15-21(20)30-23/h4-7,14-15H,3,8-13H2,1-2H3. The summed E-state index contributed by atoms with van der Waals surface area (Å²) < 4.78 is 6.43. The normalized spacial score (nSPS) is 14.9. The summed E-state index contributed by atoms with van der Waals surface area (Å²) in [6, 6.07) is 11.7. The fraction of sp³-hybridized carbons (Fsp3) is 0.391. The number of halogens is 1. The molecule has 30 heavy (non-hydrogen) atoms. The van der Waals surface area contributed by atoms with E-state index in [0.717, 1.165) is 71.3 Å². The molecule has 0 spiro atoms. The molecular formula is C23H26ClN3O2S. The van der Waals surface area contributed by atoms with Crippen molar-refractivity contribution in [2.75, 3.05) is 44.3 Å². The van der Waals surface area contributed by atoms with E-state index in [2.05, 4.69) is 4.90 Å². The highest BCUT2D eigenvalue weighted by Gasteiger charge is 2.23. The van der Waals surface area contributed by atoms with Gasteiger partial charge >= 0.3 is 0 Å². The minimum Gasteiger partial charge on any atom is -0.379 e. The van der Waals surface area contributed by atoms with E-state index in [1.165, 1.54) is 11.3 Å². The smallest absolute Gasteiger partial charge is 0.260 e. The summed E-state index contributed by atoms with van der Waals surface area (Å²) in [5.74, 6) is 0.00308. The van der Waals surface area contributed by atoms with Crippen LogP contribution >= 0.6 is 22.9 Å². The second kappa shape index (κ2) is 9.43. The summed E-state index contributed by atoms with van der Waals surface area (Å²) in [6.45, 7) is 9.02. The summed E-state index contributed by atoms with van der Waals surface area (Å²) in [5, 5.41) is 1.40. The van der Waals surface area contributed by atoms with Gasteiger partial charge in [-0.1, -0.05) is 40.6 Å². The molecule has 1 fully saturated rings. The van der Waals surface area contributed by atoms with E-state index >= 15 is 0 Å². The molecular weight excluding hydrogens is 418 g/mol. The molecule has 1 aliphatic heterocycles. The van der Waals surface area contributed by atoms with E-state index in [4.69, 9.17) is 21.3 Å². The summed E-state index contributed by atoms with van der Waals surface area (Å²) in [7, 11) is 0. The summed E-state index contributed by atoms with van der Waals surface area (Å²) in [6.07, 6.45) is 0.882. The molecule has 2 heterocycles. The molecule has 0 atom stereocenters. The number of rotatable bonds is 6. The first-order valence-corrected chi connectivity index (χ1v) is 11.5. The van der Waals surface area contributed by atoms with Crippen molar-refractivity contribution >= 4 is 44.2 Å². The molecule has 4 rings (SSSR count). The third-order valence-corrected chi connectivity index (χ3v) is 6.67. The molecule has 2 aromatic carbocycles. The Bertz CT molecular complexity index is 1050. The van der Waals surface area contributed by atoms with Gasteiger partial charge in [-0.2, -0.15) is 0 Å². The first-order valence-electron chi connectivity index (χ1n) is 10.3. The zero-order valence-corrected chi connectivity index (χ0v) is 18.9. The number of fused-ring (bicyclic) bond motifs is 1. The third-order valence-electron chi connectivity index (χ3n) is 5.40. The lowest BCUT2D eigenvalue weighted by Crippen LogP contribution is -2.39. The first kappa shape index (κ1) is 21.2. The van der Waals surface area contributed by atoms with Gasteiger partial charge in [0.2, 0.25) is 0 Å². The van der Waals surface area contributed by atoms with Crippen LogP contribution < -0.4 is 4.90 Å². The molecule has 1 saturated heterocycles. The van der Waals surface area contributed by atoms with Gasteiger partial charge in [-0.3, -0.25) is 14.6 Å². The van der Waals surface area contributed by atoms with Gasteiger partial charge in [-0.25, -0.2) is 4.98 Å². The SMILES string of the molecule is Cc1ccc(C)c(C(=O)N(CCCN2CCOCC2)c2nc3ccc(Cl)cc3s2)c1. The Morgan fingerprint density at radius 3 is 2.80 bits per heavy atom. The fourth-order valence-electron chi connectivity index (χ4n) is 3.67. The first-order chi connectivity index (χ1) is 14.5. The number of amides is 1. The van der Waals surface area contributed by atoms with Crippen molar-refractivity contribution < 1.29 is 9.53 Å². The highest BCUT2D eigenvalue weighted by molar-refractivity contribution is 7.22. The van der Waals surface area contributed by atoms with Gasteiger partial charge in [0, 0.05) is 36.8 Å². The summed E-state index contributed by atoms with van der Waals surface area (Å²) in [4.78, 5) is 22.6. The van der Waals surface area contributed by atoms with E-state index in [1.54, 1.807) is 0 Å². The lowest BCUT2D eigenvalue weighted by molar-refractivity contribution is 0.0376. The lowest BCUT2D eigenvalue weighted by Gasteiger charge is -2.28. The van der Waals surface area contributed by atoms with Gasteiger partial charge in [-0.15, -0.1) is 0 Å². The van der Waals surface area contributed by atoms with Crippen LogP contribution in [0, 0.1) is 13.8 Å². The minimum atomic E-state index is 0.00308. The topological polar surface area (TPSA) is 45.7 Å². The van der Waals surface area contributed by atoms with Gasteiger partial charge in [0.25, 0.3) is 5.91 Å². The van der Waals surface area contributed by atoms with Crippen molar-refractivity contribution in [1.29, 1.82) is 0 Å². The second-order valence-corrected chi connectivity index (χ2v) is 9.14. The van der Waals surface area contributed by atoms with Crippen LogP contribution in [0.1, 0.15) is 27.9 Å². The Morgan fingerprint density at radius 1 is 1.20 bits per heavy atom. The molecule has 0 saturated carbocycles. The van der Waals surface area contributed by atoms with Crippen LogP contribution in [0.5, 0.6) is 0 Å². The van der Waals surface area contributed by atoms with Crippen LogP contribution in [-0.4, -0.2) is 55.2 Å². The number of hydrogen-bond donors (Lipinski definition) is 0. The van der Waals surface area contributed by atoms with Gasteiger partial charge < -0.3 is 4.74 Å². The maximum atomic E-state index is 13.6. The van der Waals surface area contributed by atoms with E-state index < -0.39 is 0 Å². The molecule has 5 nitrogen and oxygen atoms in total. The van der Waals surface area contributed by atoms with Crippen LogP contribution in [0.15, 0.2) is 36.4 Å². The number of benzene rings is 2. The molecule has 1 amide bonds. The average molecular weight is 444 g/mol. The van der Waals surface area contributed by atoms with E-state index in [9.17, 15) is 4.79 Å². The van der Waals surface area contributed by atoms with Crippen LogP contribution in [-0.2, 0) is 4.74 Å². The molecule has 7 heteroatoms. The summed E-state index contributed by atoms with van der Waals surface area (Å²) in [5.41, 5.74) is 3.66. The maximum Gasteiger partial charge on any atom is 0.260 e. The number of aromatic nitrogens is 1. The molecule has 0 bridgehead atoms. The fourth-order valence-corrected chi connectivity index (χ4v) is 4.94. The highest BCUT2D eigenvalue weighted by atomic mass is 35.5. The Labute approximate surface area is 186 Å². The number of ether oxygens (including phenoxy) is 1. The van der Waals surface area contributed by atoms with E-state index in [0.29, 0.717) is 11.6 Å². The maximum absolute atomic E-state index is 13.6. The number of morpholine rings is 1. The monoisotopic (exact) mass is 443 g/mol. The summed E-state index contributed by atoms with van der Waals surface area (Å²) >= 11 is 7.67. The van der Waals surface area contributed by atoms with Crippen LogP contribution in [0.3, 0.4) is 0 Å². The molecule has 0 aliphatic carbocycles. The zero-order chi connectivity index (χ0) is 21.1. The Balaban J connectivity index is 1.60. The van der Waals surface area contributed by atoms with Crippen LogP contribution in [0.4, 0.5) is 5.13 Å². The van der Waals surface area contributed by atoms with Crippen LogP contribution in [0.2, 0.25) is 5.02 Å². The Morgan fingerprint density at radius 2 is 2.00 bits per heavy atom. The predicted octanol–water partition coefficient (Wildman–Crippen LogP) is 4.94. The lowest BCUT2D eigenvalue weighted by atomic mass is 10.0. The Hall–Kier alpha value is -1.99. The second-order valence-electron chi connectivity index (χ2n) is 7.69. The van der Waals surface area contributed by atoms with E-state index in [-0.39, 0.29) is 5.91 Å². The number of aryl methyl sites for hydroxylation is 2. The molecule has 0 radical (unpaired) electrons. The van der Waals surface area contributed by atoms with Gasteiger partial charge in [-0.05, 0) is 50.1 Å². The molecule has 158 valence electrons. The van der Waals surface area contributed by atoms with Gasteiger partial charge in [0.05, 0.1) is 23.4 Å². The largest absolute Gasteiger partial charge is 0.379 e.